The third-order valence-electron chi connectivity index (χ3n) is 9.50. The van der Waals surface area contributed by atoms with E-state index in [0.29, 0.717) is 5.89 Å². The first-order valence-electron chi connectivity index (χ1n) is 16.2. The van der Waals surface area contributed by atoms with Crippen LogP contribution in [-0.4, -0.2) is 4.98 Å². The molecule has 0 spiro atoms. The number of rotatable bonds is 4. The van der Waals surface area contributed by atoms with Crippen LogP contribution in [0.2, 0.25) is 0 Å². The van der Waals surface area contributed by atoms with Gasteiger partial charge in [-0.05, 0) is 78.9 Å². The van der Waals surface area contributed by atoms with Crippen molar-refractivity contribution in [1.29, 1.82) is 0 Å². The standard InChI is InChI=1S/C43H24N2O3S/c1-2-8-25(9-3-1)43-44-42-37(48-43)21-20-36-41(42)32-18-15-27(23-38(32)47-36)45(26-16-19-35-33(22-26)29-10-4-6-12-34(29)46-35)28-14-17-31-30-11-5-7-13-39(30)49-40(31)24-28/h1-24H. The van der Waals surface area contributed by atoms with Gasteiger partial charge in [0.1, 0.15) is 27.8 Å². The molecule has 0 atom stereocenters. The quantitative estimate of drug-likeness (QED) is 0.190. The number of para-hydroxylation sites is 1. The first kappa shape index (κ1) is 26.7. The maximum Gasteiger partial charge on any atom is 0.227 e. The topological polar surface area (TPSA) is 55.6 Å². The molecule has 11 rings (SSSR count). The molecule has 49 heavy (non-hydrogen) atoms. The van der Waals surface area contributed by atoms with Crippen LogP contribution in [0.1, 0.15) is 0 Å². The molecule has 4 aromatic heterocycles. The third-order valence-corrected chi connectivity index (χ3v) is 10.6. The maximum absolute atomic E-state index is 6.54. The molecule has 0 unspecified atom stereocenters. The van der Waals surface area contributed by atoms with Gasteiger partial charge in [0.15, 0.2) is 5.58 Å². The second kappa shape index (κ2) is 10.1. The van der Waals surface area contributed by atoms with E-state index >= 15 is 0 Å². The van der Waals surface area contributed by atoms with E-state index in [9.17, 15) is 0 Å². The summed E-state index contributed by atoms with van der Waals surface area (Å²) in [7, 11) is 0. The van der Waals surface area contributed by atoms with Crippen molar-refractivity contribution in [2.45, 2.75) is 0 Å². The zero-order chi connectivity index (χ0) is 32.1. The molecule has 4 heterocycles. The Hall–Kier alpha value is -6.37. The van der Waals surface area contributed by atoms with Gasteiger partial charge in [-0.1, -0.05) is 60.7 Å². The SMILES string of the molecule is c1ccc(-c2nc3c(ccc4oc5cc(N(c6ccc7c(c6)sc6ccccc67)c6ccc7oc8ccccc8c7c6)ccc5c43)o2)cc1. The monoisotopic (exact) mass is 648 g/mol. The Morgan fingerprint density at radius 3 is 2.00 bits per heavy atom. The lowest BCUT2D eigenvalue weighted by Crippen LogP contribution is -2.09. The first-order valence-corrected chi connectivity index (χ1v) is 17.0. The Bertz CT molecular complexity index is 3070. The van der Waals surface area contributed by atoms with Crippen LogP contribution in [-0.2, 0) is 0 Å². The number of aromatic nitrogens is 1. The van der Waals surface area contributed by atoms with Crippen molar-refractivity contribution in [3.63, 3.8) is 0 Å². The van der Waals surface area contributed by atoms with Crippen LogP contribution in [0.4, 0.5) is 17.1 Å². The third kappa shape index (κ3) is 4.01. The van der Waals surface area contributed by atoms with Crippen LogP contribution >= 0.6 is 11.3 Å². The van der Waals surface area contributed by atoms with Gasteiger partial charge in [-0.3, -0.25) is 0 Å². The minimum atomic E-state index is 0.596. The Kier molecular flexibility index (Phi) is 5.48. The van der Waals surface area contributed by atoms with E-state index in [0.717, 1.165) is 77.6 Å². The number of hydrogen-bond donors (Lipinski definition) is 0. The highest BCUT2D eigenvalue weighted by molar-refractivity contribution is 7.25. The number of anilines is 3. The Morgan fingerprint density at radius 1 is 0.429 bits per heavy atom. The van der Waals surface area contributed by atoms with Gasteiger partial charge in [0, 0.05) is 65.0 Å². The van der Waals surface area contributed by atoms with Gasteiger partial charge < -0.3 is 18.2 Å². The normalized spacial score (nSPS) is 12.1. The summed E-state index contributed by atoms with van der Waals surface area (Å²) in [5.74, 6) is 0.596. The molecule has 0 N–H and O–H groups in total. The van der Waals surface area contributed by atoms with Crippen molar-refractivity contribution < 1.29 is 13.3 Å². The van der Waals surface area contributed by atoms with E-state index in [-0.39, 0.29) is 0 Å². The minimum Gasteiger partial charge on any atom is -0.456 e. The average Bonchev–Trinajstić information content (AvgIpc) is 3.92. The number of hydrogen-bond acceptors (Lipinski definition) is 6. The van der Waals surface area contributed by atoms with Gasteiger partial charge in [0.25, 0.3) is 0 Å². The van der Waals surface area contributed by atoms with E-state index in [2.05, 4.69) is 95.9 Å². The molecule has 0 aliphatic heterocycles. The van der Waals surface area contributed by atoms with Gasteiger partial charge in [0.2, 0.25) is 5.89 Å². The number of furan rings is 2. The second-order valence-corrected chi connectivity index (χ2v) is 13.4. The summed E-state index contributed by atoms with van der Waals surface area (Å²) in [6, 6.07) is 50.3. The van der Waals surface area contributed by atoms with Gasteiger partial charge >= 0.3 is 0 Å². The molecule has 0 saturated carbocycles. The fraction of sp³-hybridized carbons (Fsp3) is 0. The number of fused-ring (bicyclic) bond motifs is 11. The lowest BCUT2D eigenvalue weighted by molar-refractivity contribution is 0.619. The van der Waals surface area contributed by atoms with E-state index in [1.54, 1.807) is 0 Å². The van der Waals surface area contributed by atoms with Crippen LogP contribution < -0.4 is 4.90 Å². The molecule has 0 radical (unpaired) electrons. The summed E-state index contributed by atoms with van der Waals surface area (Å²) in [6.07, 6.45) is 0. The number of oxazole rings is 1. The molecule has 0 amide bonds. The second-order valence-electron chi connectivity index (χ2n) is 12.3. The van der Waals surface area contributed by atoms with Crippen LogP contribution in [0.25, 0.3) is 86.6 Å². The molecule has 0 fully saturated rings. The molecule has 0 aliphatic carbocycles. The summed E-state index contributed by atoms with van der Waals surface area (Å²) in [6.45, 7) is 0. The van der Waals surface area contributed by atoms with Crippen molar-refractivity contribution in [1.82, 2.24) is 4.98 Å². The summed E-state index contributed by atoms with van der Waals surface area (Å²) < 4.78 is 21.5. The van der Waals surface area contributed by atoms with Gasteiger partial charge in [-0.25, -0.2) is 4.98 Å². The molecule has 230 valence electrons. The van der Waals surface area contributed by atoms with E-state index in [4.69, 9.17) is 18.2 Å². The maximum atomic E-state index is 6.54. The largest absolute Gasteiger partial charge is 0.456 e. The molecule has 0 saturated heterocycles. The molecule has 0 aliphatic rings. The lowest BCUT2D eigenvalue weighted by Gasteiger charge is -2.25. The van der Waals surface area contributed by atoms with Crippen molar-refractivity contribution in [2.75, 3.05) is 4.90 Å². The summed E-state index contributed by atoms with van der Waals surface area (Å²) in [5, 5.41) is 6.67. The molecule has 7 aromatic carbocycles. The Morgan fingerprint density at radius 2 is 1.08 bits per heavy atom. The van der Waals surface area contributed by atoms with Gasteiger partial charge in [0.05, 0.1) is 5.39 Å². The van der Waals surface area contributed by atoms with E-state index in [1.807, 2.05) is 65.9 Å². The molecule has 0 bridgehead atoms. The Balaban J connectivity index is 1.12. The van der Waals surface area contributed by atoms with Gasteiger partial charge in [-0.15, -0.1) is 11.3 Å². The minimum absolute atomic E-state index is 0.596. The highest BCUT2D eigenvalue weighted by Gasteiger charge is 2.21. The van der Waals surface area contributed by atoms with E-state index < -0.39 is 0 Å². The van der Waals surface area contributed by atoms with E-state index in [1.165, 1.54) is 20.2 Å². The number of benzene rings is 7. The highest BCUT2D eigenvalue weighted by Crippen LogP contribution is 2.44. The van der Waals surface area contributed by atoms with Crippen molar-refractivity contribution in [2.24, 2.45) is 0 Å². The van der Waals surface area contributed by atoms with Crippen molar-refractivity contribution >= 4 is 104 Å². The van der Waals surface area contributed by atoms with Gasteiger partial charge in [-0.2, -0.15) is 0 Å². The van der Waals surface area contributed by atoms with Crippen LogP contribution in [0, 0.1) is 0 Å². The smallest absolute Gasteiger partial charge is 0.227 e. The Labute approximate surface area is 282 Å². The molecular formula is C43H24N2O3S. The zero-order valence-electron chi connectivity index (χ0n) is 25.9. The molecule has 5 nitrogen and oxygen atoms in total. The molecular weight excluding hydrogens is 625 g/mol. The summed E-state index contributed by atoms with van der Waals surface area (Å²) in [4.78, 5) is 7.24. The summed E-state index contributed by atoms with van der Waals surface area (Å²) >= 11 is 1.82. The van der Waals surface area contributed by atoms with Crippen LogP contribution in [0.5, 0.6) is 0 Å². The highest BCUT2D eigenvalue weighted by atomic mass is 32.1. The fourth-order valence-corrected chi connectivity index (χ4v) is 8.38. The predicted octanol–water partition coefficient (Wildman–Crippen LogP) is 13.1. The van der Waals surface area contributed by atoms with Crippen LogP contribution in [0.15, 0.2) is 159 Å². The number of thiophene rings is 1. The molecule has 11 aromatic rings. The summed E-state index contributed by atoms with van der Waals surface area (Å²) in [5.41, 5.74) is 8.86. The average molecular weight is 649 g/mol. The predicted molar refractivity (Wildman–Crippen MR) is 202 cm³/mol. The zero-order valence-corrected chi connectivity index (χ0v) is 26.7. The molecule has 6 heteroatoms. The van der Waals surface area contributed by atoms with Crippen molar-refractivity contribution in [3.05, 3.63) is 146 Å². The fourth-order valence-electron chi connectivity index (χ4n) is 7.24. The lowest BCUT2D eigenvalue weighted by atomic mass is 10.1. The van der Waals surface area contributed by atoms with Crippen molar-refractivity contribution in [3.8, 4) is 11.5 Å². The van der Waals surface area contributed by atoms with Crippen LogP contribution in [0.3, 0.4) is 0 Å². The number of nitrogens with zero attached hydrogens (tertiary/aromatic N) is 2. The first-order chi connectivity index (χ1) is 24.2.